The molecule has 0 saturated heterocycles. The average molecular weight is 500 g/mol. The monoisotopic (exact) mass is 499 g/mol. The molecule has 2 amide bonds. The van der Waals surface area contributed by atoms with E-state index in [1.54, 1.807) is 41.6 Å². The molecule has 7 heteroatoms. The predicted molar refractivity (Wildman–Crippen MR) is 139 cm³/mol. The van der Waals surface area contributed by atoms with Crippen LogP contribution in [0, 0.1) is 0 Å². The third-order valence-corrected chi connectivity index (χ3v) is 5.91. The fraction of sp³-hybridized carbons (Fsp3) is 0.138. The van der Waals surface area contributed by atoms with Crippen LogP contribution in [0.4, 0.5) is 0 Å². The minimum absolute atomic E-state index is 0.230. The summed E-state index contributed by atoms with van der Waals surface area (Å²) in [5.41, 5.74) is 2.51. The van der Waals surface area contributed by atoms with E-state index in [1.165, 1.54) is 0 Å². The summed E-state index contributed by atoms with van der Waals surface area (Å²) in [4.78, 5) is 32.8. The quantitative estimate of drug-likeness (QED) is 0.325. The maximum atomic E-state index is 13.6. The lowest BCUT2D eigenvalue weighted by Crippen LogP contribution is -2.45. The molecule has 1 N–H and O–H groups in total. The number of benzene rings is 3. The van der Waals surface area contributed by atoms with E-state index in [4.69, 9.17) is 16.3 Å². The van der Waals surface area contributed by atoms with E-state index in [0.717, 1.165) is 11.1 Å². The van der Waals surface area contributed by atoms with Crippen molar-refractivity contribution in [3.05, 3.63) is 131 Å². The van der Waals surface area contributed by atoms with E-state index in [9.17, 15) is 9.59 Å². The highest BCUT2D eigenvalue weighted by atomic mass is 35.5. The van der Waals surface area contributed by atoms with Crippen LogP contribution in [0.5, 0.6) is 5.75 Å². The van der Waals surface area contributed by atoms with Crippen LogP contribution in [0.2, 0.25) is 5.02 Å². The Morgan fingerprint density at radius 1 is 0.833 bits per heavy atom. The maximum Gasteiger partial charge on any atom is 0.261 e. The zero-order chi connectivity index (χ0) is 25.2. The van der Waals surface area contributed by atoms with Gasteiger partial charge in [0, 0.05) is 25.5 Å². The van der Waals surface area contributed by atoms with Gasteiger partial charge in [-0.25, -0.2) is 0 Å². The summed E-state index contributed by atoms with van der Waals surface area (Å²) in [5.74, 6) is -0.225. The van der Waals surface area contributed by atoms with Gasteiger partial charge in [0.1, 0.15) is 11.8 Å². The summed E-state index contributed by atoms with van der Waals surface area (Å²) in [6, 6.07) is 28.6. The van der Waals surface area contributed by atoms with Gasteiger partial charge in [-0.1, -0.05) is 84.4 Å². The largest absolute Gasteiger partial charge is 0.482 e. The van der Waals surface area contributed by atoms with Crippen molar-refractivity contribution < 1.29 is 14.3 Å². The molecule has 0 aliphatic carbocycles. The Balaban J connectivity index is 1.62. The van der Waals surface area contributed by atoms with E-state index in [2.05, 4.69) is 10.3 Å². The van der Waals surface area contributed by atoms with Crippen LogP contribution in [-0.2, 0) is 22.7 Å². The van der Waals surface area contributed by atoms with Crippen LogP contribution in [-0.4, -0.2) is 28.3 Å². The summed E-state index contributed by atoms with van der Waals surface area (Å²) in [5, 5.41) is 3.39. The fourth-order valence-electron chi connectivity index (χ4n) is 3.78. The van der Waals surface area contributed by atoms with Crippen molar-refractivity contribution in [3.8, 4) is 5.75 Å². The molecule has 3 aromatic carbocycles. The van der Waals surface area contributed by atoms with E-state index in [1.807, 2.05) is 72.8 Å². The van der Waals surface area contributed by atoms with Gasteiger partial charge in [0.15, 0.2) is 6.61 Å². The number of rotatable bonds is 10. The number of ether oxygens (including phenoxy) is 1. The van der Waals surface area contributed by atoms with Gasteiger partial charge in [0.05, 0.1) is 5.02 Å². The number of pyridine rings is 1. The van der Waals surface area contributed by atoms with Gasteiger partial charge in [0.2, 0.25) is 5.91 Å². The summed E-state index contributed by atoms with van der Waals surface area (Å²) in [7, 11) is 0. The second-order valence-electron chi connectivity index (χ2n) is 8.11. The van der Waals surface area contributed by atoms with E-state index in [0.29, 0.717) is 22.9 Å². The summed E-state index contributed by atoms with van der Waals surface area (Å²) >= 11 is 6.21. The molecule has 1 unspecified atom stereocenters. The van der Waals surface area contributed by atoms with Crippen LogP contribution in [0.1, 0.15) is 22.7 Å². The highest BCUT2D eigenvalue weighted by Gasteiger charge is 2.31. The van der Waals surface area contributed by atoms with Crippen molar-refractivity contribution >= 4 is 23.4 Å². The number of carbonyl (C=O) groups excluding carboxylic acids is 2. The minimum atomic E-state index is -0.865. The molecule has 36 heavy (non-hydrogen) atoms. The van der Waals surface area contributed by atoms with Crippen molar-refractivity contribution in [2.75, 3.05) is 6.61 Å². The van der Waals surface area contributed by atoms with Crippen LogP contribution < -0.4 is 10.1 Å². The molecule has 6 nitrogen and oxygen atoms in total. The van der Waals surface area contributed by atoms with Gasteiger partial charge in [-0.3, -0.25) is 14.6 Å². The van der Waals surface area contributed by atoms with Gasteiger partial charge >= 0.3 is 0 Å². The van der Waals surface area contributed by atoms with Gasteiger partial charge in [0.25, 0.3) is 5.91 Å². The Kier molecular flexibility index (Phi) is 8.67. The zero-order valence-electron chi connectivity index (χ0n) is 19.6. The SMILES string of the molecule is O=C(NCc1ccncc1)C(c1ccccc1)N(Cc1ccccc1)C(=O)COc1ccccc1Cl. The molecule has 0 bridgehead atoms. The fourth-order valence-corrected chi connectivity index (χ4v) is 3.97. The van der Waals surface area contributed by atoms with Gasteiger partial charge < -0.3 is 15.0 Å². The number of aromatic nitrogens is 1. The number of carbonyl (C=O) groups is 2. The Bertz CT molecular complexity index is 1270. The molecule has 4 rings (SSSR count). The molecule has 0 spiro atoms. The van der Waals surface area contributed by atoms with E-state index < -0.39 is 6.04 Å². The Labute approximate surface area is 215 Å². The third-order valence-electron chi connectivity index (χ3n) is 5.60. The second-order valence-corrected chi connectivity index (χ2v) is 8.52. The molecular formula is C29H26ClN3O3. The third kappa shape index (κ3) is 6.71. The number of hydrogen-bond acceptors (Lipinski definition) is 4. The lowest BCUT2D eigenvalue weighted by Gasteiger charge is -2.31. The lowest BCUT2D eigenvalue weighted by molar-refractivity contribution is -0.143. The number of amides is 2. The molecule has 1 atom stereocenters. The van der Waals surface area contributed by atoms with Crippen molar-refractivity contribution in [1.82, 2.24) is 15.2 Å². The summed E-state index contributed by atoms with van der Waals surface area (Å²) in [6.07, 6.45) is 3.35. The molecule has 1 aromatic heterocycles. The highest BCUT2D eigenvalue weighted by Crippen LogP contribution is 2.26. The number of nitrogens with zero attached hydrogens (tertiary/aromatic N) is 2. The predicted octanol–water partition coefficient (Wildman–Crippen LogP) is 5.20. The van der Waals surface area contributed by atoms with Gasteiger partial charge in [-0.15, -0.1) is 0 Å². The highest BCUT2D eigenvalue weighted by molar-refractivity contribution is 6.32. The normalized spacial score (nSPS) is 11.4. The Hall–Kier alpha value is -4.16. The van der Waals surface area contributed by atoms with Crippen LogP contribution >= 0.6 is 11.6 Å². The van der Waals surface area contributed by atoms with Crippen molar-refractivity contribution in [1.29, 1.82) is 0 Å². The molecule has 0 saturated carbocycles. The molecule has 0 aliphatic rings. The average Bonchev–Trinajstić information content (AvgIpc) is 2.92. The van der Waals surface area contributed by atoms with E-state index >= 15 is 0 Å². The molecule has 1 heterocycles. The van der Waals surface area contributed by atoms with Gasteiger partial charge in [-0.05, 0) is 41.0 Å². The van der Waals surface area contributed by atoms with Crippen molar-refractivity contribution in [3.63, 3.8) is 0 Å². The summed E-state index contributed by atoms with van der Waals surface area (Å²) in [6.45, 7) is 0.277. The first-order valence-corrected chi connectivity index (χ1v) is 11.9. The molecule has 0 aliphatic heterocycles. The number of hydrogen-bond donors (Lipinski definition) is 1. The van der Waals surface area contributed by atoms with Crippen molar-refractivity contribution in [2.45, 2.75) is 19.1 Å². The van der Waals surface area contributed by atoms with Crippen molar-refractivity contribution in [2.24, 2.45) is 0 Å². The Morgan fingerprint density at radius 3 is 2.17 bits per heavy atom. The minimum Gasteiger partial charge on any atom is -0.482 e. The van der Waals surface area contributed by atoms with Crippen LogP contribution in [0.3, 0.4) is 0 Å². The molecule has 0 radical (unpaired) electrons. The Morgan fingerprint density at radius 2 is 1.47 bits per heavy atom. The summed E-state index contributed by atoms with van der Waals surface area (Å²) < 4.78 is 5.75. The first kappa shape index (κ1) is 24.9. The van der Waals surface area contributed by atoms with Crippen LogP contribution in [0.15, 0.2) is 109 Å². The molecule has 0 fully saturated rings. The smallest absolute Gasteiger partial charge is 0.261 e. The van der Waals surface area contributed by atoms with Gasteiger partial charge in [-0.2, -0.15) is 0 Å². The topological polar surface area (TPSA) is 71.5 Å². The van der Waals surface area contributed by atoms with E-state index in [-0.39, 0.29) is 25.0 Å². The standard InChI is InChI=1S/C29H26ClN3O3/c30-25-13-7-8-14-26(25)36-21-27(34)33(20-23-9-3-1-4-10-23)28(24-11-5-2-6-12-24)29(35)32-19-22-15-17-31-18-16-22/h1-18,28H,19-21H2,(H,32,35). The number of halogens is 1. The first-order chi connectivity index (χ1) is 17.6. The number of nitrogens with one attached hydrogen (secondary N) is 1. The molecular weight excluding hydrogens is 474 g/mol. The number of para-hydroxylation sites is 1. The zero-order valence-corrected chi connectivity index (χ0v) is 20.3. The second kappa shape index (κ2) is 12.5. The molecule has 182 valence electrons. The maximum absolute atomic E-state index is 13.6. The first-order valence-electron chi connectivity index (χ1n) is 11.5. The lowest BCUT2D eigenvalue weighted by atomic mass is 10.0. The van der Waals surface area contributed by atoms with Crippen LogP contribution in [0.25, 0.3) is 0 Å². The molecule has 4 aromatic rings.